The summed E-state index contributed by atoms with van der Waals surface area (Å²) < 4.78 is 9.58. The van der Waals surface area contributed by atoms with Crippen molar-refractivity contribution in [3.8, 4) is 0 Å². The molecule has 0 unspecified atom stereocenters. The van der Waals surface area contributed by atoms with Gasteiger partial charge in [0.2, 0.25) is 0 Å². The fourth-order valence-electron chi connectivity index (χ4n) is 3.92. The summed E-state index contributed by atoms with van der Waals surface area (Å²) in [5.74, 6) is -0.402. The highest BCUT2D eigenvalue weighted by atomic mass is 16.5. The molecule has 4 rings (SSSR count). The second-order valence-corrected chi connectivity index (χ2v) is 7.96. The van der Waals surface area contributed by atoms with Crippen molar-refractivity contribution in [1.29, 1.82) is 0 Å². The van der Waals surface area contributed by atoms with Crippen LogP contribution in [0.1, 0.15) is 27.9 Å². The number of fused-ring (bicyclic) bond motifs is 1. The molecule has 0 N–H and O–H groups in total. The number of esters is 1. The summed E-state index contributed by atoms with van der Waals surface area (Å²) >= 11 is 0. The second-order valence-electron chi connectivity index (χ2n) is 7.96. The predicted molar refractivity (Wildman–Crippen MR) is 125 cm³/mol. The zero-order valence-corrected chi connectivity index (χ0v) is 18.7. The summed E-state index contributed by atoms with van der Waals surface area (Å²) in [4.78, 5) is 42.1. The first-order valence-corrected chi connectivity index (χ1v) is 10.9. The van der Waals surface area contributed by atoms with Gasteiger partial charge in [0.05, 0.1) is 18.5 Å². The Morgan fingerprint density at radius 3 is 2.48 bits per heavy atom. The molecule has 0 saturated heterocycles. The van der Waals surface area contributed by atoms with E-state index in [1.165, 1.54) is 16.5 Å². The van der Waals surface area contributed by atoms with Gasteiger partial charge in [-0.1, -0.05) is 48.5 Å². The Bertz CT molecular complexity index is 1400. The number of aromatic nitrogens is 4. The van der Waals surface area contributed by atoms with Crippen molar-refractivity contribution < 1.29 is 9.53 Å². The van der Waals surface area contributed by atoms with Crippen LogP contribution in [0.15, 0.2) is 70.5 Å². The molecule has 0 aliphatic heterocycles. The molecule has 8 heteroatoms. The largest absolute Gasteiger partial charge is 0.462 e. The van der Waals surface area contributed by atoms with Crippen LogP contribution in [-0.2, 0) is 38.2 Å². The van der Waals surface area contributed by atoms with Gasteiger partial charge in [-0.2, -0.15) is 0 Å². The number of imidazole rings is 1. The SMILES string of the molecule is Cn1cnc2c1c(=O)n(CCCOC(=O)c1ccccc1CCc1ccccc1)c(=O)n2C. The molecule has 170 valence electrons. The molecule has 0 aliphatic carbocycles. The van der Waals surface area contributed by atoms with Crippen LogP contribution in [0.4, 0.5) is 0 Å². The van der Waals surface area contributed by atoms with E-state index in [4.69, 9.17) is 4.74 Å². The molecule has 33 heavy (non-hydrogen) atoms. The second kappa shape index (κ2) is 9.68. The van der Waals surface area contributed by atoms with E-state index >= 15 is 0 Å². The fraction of sp³-hybridized carbons (Fsp3) is 0.280. The van der Waals surface area contributed by atoms with Crippen molar-refractivity contribution in [2.45, 2.75) is 25.8 Å². The Morgan fingerprint density at radius 1 is 0.970 bits per heavy atom. The molecular weight excluding hydrogens is 420 g/mol. The summed E-state index contributed by atoms with van der Waals surface area (Å²) in [6, 6.07) is 17.5. The van der Waals surface area contributed by atoms with Crippen molar-refractivity contribution >= 4 is 17.1 Å². The molecule has 0 saturated carbocycles. The molecule has 0 aliphatic rings. The molecule has 0 radical (unpaired) electrons. The van der Waals surface area contributed by atoms with Gasteiger partial charge >= 0.3 is 11.7 Å². The molecule has 0 atom stereocenters. The summed E-state index contributed by atoms with van der Waals surface area (Å²) in [5, 5.41) is 0. The normalized spacial score (nSPS) is 11.1. The predicted octanol–water partition coefficient (Wildman–Crippen LogP) is 2.47. The molecule has 0 fully saturated rings. The average molecular weight is 447 g/mol. The van der Waals surface area contributed by atoms with Gasteiger partial charge in [0.25, 0.3) is 5.56 Å². The van der Waals surface area contributed by atoms with Gasteiger partial charge in [-0.15, -0.1) is 0 Å². The van der Waals surface area contributed by atoms with Crippen LogP contribution < -0.4 is 11.2 Å². The third kappa shape index (κ3) is 4.64. The van der Waals surface area contributed by atoms with Gasteiger partial charge < -0.3 is 9.30 Å². The van der Waals surface area contributed by atoms with Crippen molar-refractivity contribution in [1.82, 2.24) is 18.7 Å². The molecule has 2 aromatic heterocycles. The number of hydrogen-bond donors (Lipinski definition) is 0. The Balaban J connectivity index is 1.39. The van der Waals surface area contributed by atoms with Crippen molar-refractivity contribution in [3.63, 3.8) is 0 Å². The Morgan fingerprint density at radius 2 is 1.70 bits per heavy atom. The summed E-state index contributed by atoms with van der Waals surface area (Å²) in [5.41, 5.74) is 2.55. The van der Waals surface area contributed by atoms with E-state index in [0.29, 0.717) is 23.1 Å². The fourth-order valence-corrected chi connectivity index (χ4v) is 3.92. The van der Waals surface area contributed by atoms with Gasteiger partial charge in [0, 0.05) is 20.6 Å². The van der Waals surface area contributed by atoms with Crippen LogP contribution >= 0.6 is 0 Å². The highest BCUT2D eigenvalue weighted by molar-refractivity contribution is 5.91. The first-order chi connectivity index (χ1) is 16.0. The minimum absolute atomic E-state index is 0.102. The van der Waals surface area contributed by atoms with E-state index in [-0.39, 0.29) is 13.2 Å². The van der Waals surface area contributed by atoms with E-state index in [9.17, 15) is 14.4 Å². The Hall–Kier alpha value is -3.94. The lowest BCUT2D eigenvalue weighted by Gasteiger charge is -2.11. The van der Waals surface area contributed by atoms with Gasteiger partial charge in [0.1, 0.15) is 0 Å². The maximum atomic E-state index is 12.7. The molecule has 0 bridgehead atoms. The van der Waals surface area contributed by atoms with Crippen molar-refractivity contribution in [2.75, 3.05) is 6.61 Å². The minimum Gasteiger partial charge on any atom is -0.462 e. The molecule has 0 amide bonds. The monoisotopic (exact) mass is 446 g/mol. The number of rotatable bonds is 8. The van der Waals surface area contributed by atoms with Crippen LogP contribution in [0.3, 0.4) is 0 Å². The number of nitrogens with zero attached hydrogens (tertiary/aromatic N) is 4. The van der Waals surface area contributed by atoms with Gasteiger partial charge in [-0.25, -0.2) is 14.6 Å². The molecule has 2 aromatic carbocycles. The maximum absolute atomic E-state index is 12.7. The number of carbonyl (C=O) groups excluding carboxylic acids is 1. The number of carbonyl (C=O) groups is 1. The van der Waals surface area contributed by atoms with Crippen LogP contribution in [0.2, 0.25) is 0 Å². The van der Waals surface area contributed by atoms with Crippen molar-refractivity contribution in [2.24, 2.45) is 14.1 Å². The first kappa shape index (κ1) is 22.3. The van der Waals surface area contributed by atoms with Crippen LogP contribution in [0.25, 0.3) is 11.2 Å². The Labute approximate surface area is 190 Å². The third-order valence-corrected chi connectivity index (χ3v) is 5.72. The maximum Gasteiger partial charge on any atom is 0.338 e. The quantitative estimate of drug-likeness (QED) is 0.307. The average Bonchev–Trinajstić information content (AvgIpc) is 3.23. The number of ether oxygens (including phenoxy) is 1. The topological polar surface area (TPSA) is 88.1 Å². The number of aryl methyl sites for hydroxylation is 4. The first-order valence-electron chi connectivity index (χ1n) is 10.9. The number of hydrogen-bond acceptors (Lipinski definition) is 5. The molecule has 2 heterocycles. The van der Waals surface area contributed by atoms with E-state index in [1.807, 2.05) is 36.4 Å². The minimum atomic E-state index is -0.441. The summed E-state index contributed by atoms with van der Waals surface area (Å²) in [6.45, 7) is 0.250. The van der Waals surface area contributed by atoms with Crippen LogP contribution in [0, 0.1) is 0 Å². The highest BCUT2D eigenvalue weighted by Gasteiger charge is 2.16. The summed E-state index contributed by atoms with van der Waals surface area (Å²) in [7, 11) is 3.29. The van der Waals surface area contributed by atoms with E-state index in [0.717, 1.165) is 23.0 Å². The lowest BCUT2D eigenvalue weighted by Crippen LogP contribution is -2.39. The third-order valence-electron chi connectivity index (χ3n) is 5.72. The van der Waals surface area contributed by atoms with E-state index in [2.05, 4.69) is 17.1 Å². The van der Waals surface area contributed by atoms with E-state index < -0.39 is 17.2 Å². The molecule has 0 spiro atoms. The van der Waals surface area contributed by atoms with Crippen LogP contribution in [-0.4, -0.2) is 31.3 Å². The molecule has 4 aromatic rings. The van der Waals surface area contributed by atoms with E-state index in [1.54, 1.807) is 24.7 Å². The van der Waals surface area contributed by atoms with Gasteiger partial charge in [-0.3, -0.25) is 13.9 Å². The zero-order chi connectivity index (χ0) is 23.4. The lowest BCUT2D eigenvalue weighted by molar-refractivity contribution is 0.0494. The van der Waals surface area contributed by atoms with Crippen LogP contribution in [0.5, 0.6) is 0 Å². The molecule has 8 nitrogen and oxygen atoms in total. The van der Waals surface area contributed by atoms with Crippen molar-refractivity contribution in [3.05, 3.63) is 98.5 Å². The number of benzene rings is 2. The summed E-state index contributed by atoms with van der Waals surface area (Å²) in [6.07, 6.45) is 3.41. The molecular formula is C25H26N4O4. The smallest absolute Gasteiger partial charge is 0.338 e. The van der Waals surface area contributed by atoms with Gasteiger partial charge in [-0.05, 0) is 36.5 Å². The lowest BCUT2D eigenvalue weighted by atomic mass is 10.00. The zero-order valence-electron chi connectivity index (χ0n) is 18.7. The Kier molecular flexibility index (Phi) is 6.53. The van der Waals surface area contributed by atoms with Gasteiger partial charge in [0.15, 0.2) is 11.2 Å². The highest BCUT2D eigenvalue weighted by Crippen LogP contribution is 2.14. The standard InChI is InChI=1S/C25H26N4O4/c1-27-17-26-22-21(27)23(30)29(25(32)28(22)2)15-8-16-33-24(31)20-12-7-6-11-19(20)14-13-18-9-4-3-5-10-18/h3-7,9-12,17H,8,13-16H2,1-2H3.